The zero-order chi connectivity index (χ0) is 20.3. The summed E-state index contributed by atoms with van der Waals surface area (Å²) in [5, 5.41) is 0. The summed E-state index contributed by atoms with van der Waals surface area (Å²) in [4.78, 5) is 12.0. The van der Waals surface area contributed by atoms with Crippen molar-refractivity contribution in [1.82, 2.24) is 4.98 Å². The number of amidine groups is 1. The van der Waals surface area contributed by atoms with Gasteiger partial charge in [-0.1, -0.05) is 72.8 Å². The predicted molar refractivity (Wildman–Crippen MR) is 121 cm³/mol. The van der Waals surface area contributed by atoms with Crippen molar-refractivity contribution >= 4 is 17.3 Å². The fourth-order valence-corrected chi connectivity index (χ4v) is 3.90. The number of fused-ring (bicyclic) bond motifs is 1. The Hall–Kier alpha value is -3.92. The van der Waals surface area contributed by atoms with Gasteiger partial charge >= 0.3 is 0 Å². The molecule has 30 heavy (non-hydrogen) atoms. The zero-order valence-corrected chi connectivity index (χ0v) is 16.6. The summed E-state index contributed by atoms with van der Waals surface area (Å²) < 4.78 is 5.48. The molecule has 4 heteroatoms. The molecule has 0 N–H and O–H groups in total. The first-order valence-electron chi connectivity index (χ1n) is 9.92. The number of hydrogen-bond acceptors (Lipinski definition) is 4. The monoisotopic (exact) mass is 391 g/mol. The molecular weight excluding hydrogens is 370 g/mol. The van der Waals surface area contributed by atoms with E-state index in [2.05, 4.69) is 52.3 Å². The Bertz CT molecular complexity index is 1170. The van der Waals surface area contributed by atoms with Crippen LogP contribution >= 0.6 is 0 Å². The molecule has 1 unspecified atom stereocenters. The zero-order valence-electron chi connectivity index (χ0n) is 16.6. The lowest BCUT2D eigenvalue weighted by atomic mass is 9.92. The minimum Gasteiger partial charge on any atom is -0.497 e. The van der Waals surface area contributed by atoms with Gasteiger partial charge in [-0.2, -0.15) is 0 Å². The quantitative estimate of drug-likeness (QED) is 0.443. The molecule has 1 atom stereocenters. The lowest BCUT2D eigenvalue weighted by molar-refractivity contribution is 0.414. The number of pyridine rings is 1. The van der Waals surface area contributed by atoms with E-state index in [-0.39, 0.29) is 6.04 Å². The molecule has 1 aliphatic heterocycles. The Kier molecular flexibility index (Phi) is 4.74. The first-order valence-corrected chi connectivity index (χ1v) is 9.92. The minimum atomic E-state index is -0.0605. The number of rotatable bonds is 4. The lowest BCUT2D eigenvalue weighted by Gasteiger charge is -2.38. The smallest absolute Gasteiger partial charge is 0.143 e. The largest absolute Gasteiger partial charge is 0.497 e. The minimum absolute atomic E-state index is 0.0605. The molecule has 0 fully saturated rings. The van der Waals surface area contributed by atoms with Gasteiger partial charge in [0, 0.05) is 23.4 Å². The number of aromatic nitrogens is 1. The number of aliphatic imine (C=N–C) groups is 1. The first kappa shape index (κ1) is 18.1. The van der Waals surface area contributed by atoms with Crippen LogP contribution in [0.5, 0.6) is 5.75 Å². The van der Waals surface area contributed by atoms with E-state index >= 15 is 0 Å². The normalized spacial score (nSPS) is 15.3. The van der Waals surface area contributed by atoms with Crippen LogP contribution in [0.4, 0.5) is 11.5 Å². The summed E-state index contributed by atoms with van der Waals surface area (Å²) in [6, 6.07) is 32.8. The van der Waals surface area contributed by atoms with E-state index in [1.165, 1.54) is 5.56 Å². The molecule has 1 aromatic heterocycles. The molecule has 3 aromatic carbocycles. The summed E-state index contributed by atoms with van der Waals surface area (Å²) in [5.74, 6) is 2.52. The van der Waals surface area contributed by atoms with Crippen molar-refractivity contribution in [3.8, 4) is 5.75 Å². The second-order valence-corrected chi connectivity index (χ2v) is 7.10. The number of hydrogen-bond donors (Lipinski definition) is 0. The molecular formula is C26H21N3O. The maximum Gasteiger partial charge on any atom is 0.143 e. The first-order chi connectivity index (χ1) is 14.8. The average molecular weight is 391 g/mol. The highest BCUT2D eigenvalue weighted by atomic mass is 16.5. The Morgan fingerprint density at radius 1 is 0.800 bits per heavy atom. The SMILES string of the molecule is COc1ccc2c(c1)N=C(c1ccccc1)N(c1ccccn1)C2c1ccccc1. The van der Waals surface area contributed by atoms with Gasteiger partial charge in [0.1, 0.15) is 17.4 Å². The van der Waals surface area contributed by atoms with Gasteiger partial charge in [-0.15, -0.1) is 0 Å². The summed E-state index contributed by atoms with van der Waals surface area (Å²) in [5.41, 5.74) is 4.25. The summed E-state index contributed by atoms with van der Waals surface area (Å²) >= 11 is 0. The Labute approximate surface area is 176 Å². The molecule has 5 rings (SSSR count). The third-order valence-electron chi connectivity index (χ3n) is 5.29. The van der Waals surface area contributed by atoms with Crippen LogP contribution in [0.2, 0.25) is 0 Å². The van der Waals surface area contributed by atoms with Crippen molar-refractivity contribution in [3.05, 3.63) is 120 Å². The van der Waals surface area contributed by atoms with E-state index in [9.17, 15) is 0 Å². The topological polar surface area (TPSA) is 37.7 Å². The van der Waals surface area contributed by atoms with Crippen LogP contribution in [-0.2, 0) is 0 Å². The summed E-state index contributed by atoms with van der Waals surface area (Å²) in [7, 11) is 1.68. The van der Waals surface area contributed by atoms with Gasteiger partial charge in [-0.25, -0.2) is 9.98 Å². The van der Waals surface area contributed by atoms with Gasteiger partial charge in [-0.05, 0) is 23.8 Å². The van der Waals surface area contributed by atoms with Crippen molar-refractivity contribution < 1.29 is 4.74 Å². The molecule has 1 aliphatic rings. The van der Waals surface area contributed by atoms with Crippen LogP contribution in [0, 0.1) is 0 Å². The number of methoxy groups -OCH3 is 1. The van der Waals surface area contributed by atoms with Gasteiger partial charge in [0.15, 0.2) is 0 Å². The molecule has 0 spiro atoms. The Balaban J connectivity index is 1.80. The van der Waals surface area contributed by atoms with E-state index in [1.54, 1.807) is 7.11 Å². The number of ether oxygens (including phenoxy) is 1. The fraction of sp³-hybridized carbons (Fsp3) is 0.0769. The van der Waals surface area contributed by atoms with Crippen LogP contribution in [0.25, 0.3) is 0 Å². The summed E-state index contributed by atoms with van der Waals surface area (Å²) in [6.07, 6.45) is 1.82. The van der Waals surface area contributed by atoms with Crippen LogP contribution in [0.15, 0.2) is 108 Å². The average Bonchev–Trinajstić information content (AvgIpc) is 2.84. The Morgan fingerprint density at radius 3 is 2.23 bits per heavy atom. The molecule has 4 nitrogen and oxygen atoms in total. The fourth-order valence-electron chi connectivity index (χ4n) is 3.90. The van der Waals surface area contributed by atoms with Crippen LogP contribution in [-0.4, -0.2) is 17.9 Å². The second kappa shape index (κ2) is 7.84. The van der Waals surface area contributed by atoms with Crippen molar-refractivity contribution in [2.45, 2.75) is 6.04 Å². The lowest BCUT2D eigenvalue weighted by Crippen LogP contribution is -2.39. The van der Waals surface area contributed by atoms with Crippen LogP contribution in [0.1, 0.15) is 22.7 Å². The molecule has 0 aliphatic carbocycles. The highest BCUT2D eigenvalue weighted by Gasteiger charge is 2.34. The van der Waals surface area contributed by atoms with Gasteiger partial charge in [0.25, 0.3) is 0 Å². The van der Waals surface area contributed by atoms with E-state index in [1.807, 2.05) is 60.8 Å². The molecule has 0 saturated carbocycles. The van der Waals surface area contributed by atoms with E-state index in [4.69, 9.17) is 9.73 Å². The van der Waals surface area contributed by atoms with Crippen molar-refractivity contribution in [3.63, 3.8) is 0 Å². The maximum atomic E-state index is 5.48. The standard InChI is InChI=1S/C26H21N3O/c1-30-21-15-16-22-23(18-21)28-26(20-12-6-3-7-13-20)29(24-14-8-9-17-27-24)25(22)19-10-4-2-5-11-19/h2-18,25H,1H3. The highest BCUT2D eigenvalue weighted by Crippen LogP contribution is 2.43. The maximum absolute atomic E-state index is 5.48. The van der Waals surface area contributed by atoms with Crippen molar-refractivity contribution in [2.75, 3.05) is 12.0 Å². The molecule has 146 valence electrons. The molecule has 4 aromatic rings. The summed E-state index contributed by atoms with van der Waals surface area (Å²) in [6.45, 7) is 0. The Morgan fingerprint density at radius 2 is 1.53 bits per heavy atom. The van der Waals surface area contributed by atoms with Crippen LogP contribution < -0.4 is 9.64 Å². The molecule has 2 heterocycles. The van der Waals surface area contributed by atoms with Gasteiger partial charge in [0.05, 0.1) is 18.8 Å². The third-order valence-corrected chi connectivity index (χ3v) is 5.29. The van der Waals surface area contributed by atoms with Gasteiger partial charge < -0.3 is 4.74 Å². The number of nitrogens with zero attached hydrogens (tertiary/aromatic N) is 3. The van der Waals surface area contributed by atoms with Gasteiger partial charge in [-0.3, -0.25) is 4.90 Å². The van der Waals surface area contributed by atoms with E-state index in [0.29, 0.717) is 0 Å². The van der Waals surface area contributed by atoms with Gasteiger partial charge in [0.2, 0.25) is 0 Å². The number of anilines is 1. The van der Waals surface area contributed by atoms with E-state index in [0.717, 1.165) is 34.2 Å². The molecule has 0 radical (unpaired) electrons. The molecule has 0 saturated heterocycles. The highest BCUT2D eigenvalue weighted by molar-refractivity contribution is 6.12. The van der Waals surface area contributed by atoms with Crippen LogP contribution in [0.3, 0.4) is 0 Å². The van der Waals surface area contributed by atoms with Crippen molar-refractivity contribution in [1.29, 1.82) is 0 Å². The molecule has 0 bridgehead atoms. The molecule has 0 amide bonds. The second-order valence-electron chi connectivity index (χ2n) is 7.10. The predicted octanol–water partition coefficient (Wildman–Crippen LogP) is 5.78. The third kappa shape index (κ3) is 3.22. The van der Waals surface area contributed by atoms with E-state index < -0.39 is 0 Å². The van der Waals surface area contributed by atoms with Crippen molar-refractivity contribution in [2.24, 2.45) is 4.99 Å². The number of benzene rings is 3.